The van der Waals surface area contributed by atoms with Crippen molar-refractivity contribution in [3.8, 4) is 0 Å². The highest BCUT2D eigenvalue weighted by molar-refractivity contribution is 6.02. The predicted molar refractivity (Wildman–Crippen MR) is 93.4 cm³/mol. The Morgan fingerprint density at radius 3 is 2.81 bits per heavy atom. The van der Waals surface area contributed by atoms with Crippen LogP contribution >= 0.6 is 0 Å². The van der Waals surface area contributed by atoms with E-state index in [4.69, 9.17) is 4.74 Å². The van der Waals surface area contributed by atoms with Crippen LogP contribution in [0.4, 0.5) is 15.0 Å². The van der Waals surface area contributed by atoms with Crippen molar-refractivity contribution in [3.63, 3.8) is 0 Å². The number of rotatable bonds is 2. The maximum atomic E-state index is 13.9. The summed E-state index contributed by atoms with van der Waals surface area (Å²) in [5.74, 6) is -0.174. The molecule has 0 bridgehead atoms. The summed E-state index contributed by atoms with van der Waals surface area (Å²) in [6, 6.07) is 2.57. The van der Waals surface area contributed by atoms with Crippen molar-refractivity contribution >= 4 is 28.9 Å². The largest absolute Gasteiger partial charge is 0.444 e. The number of carbonyl (C=O) groups is 2. The Balaban J connectivity index is 1.80. The number of hydrogen-bond acceptors (Lipinski definition) is 5. The number of halogens is 1. The zero-order valence-corrected chi connectivity index (χ0v) is 15.2. The van der Waals surface area contributed by atoms with Gasteiger partial charge in [0.25, 0.3) is 0 Å². The van der Waals surface area contributed by atoms with E-state index in [-0.39, 0.29) is 13.0 Å². The van der Waals surface area contributed by atoms with E-state index in [0.29, 0.717) is 16.9 Å². The molecule has 0 radical (unpaired) electrons. The molecular weight excluding hydrogens is 341 g/mol. The number of amides is 2. The van der Waals surface area contributed by atoms with Gasteiger partial charge in [-0.1, -0.05) is 0 Å². The number of carbonyl (C=O) groups excluding carboxylic acids is 2. The van der Waals surface area contributed by atoms with Gasteiger partial charge in [-0.15, -0.1) is 0 Å². The molecular formula is C17H22FN5O3. The first-order valence-corrected chi connectivity index (χ1v) is 8.38. The molecule has 3 rings (SSSR count). The molecule has 1 fully saturated rings. The van der Waals surface area contributed by atoms with E-state index in [1.807, 2.05) is 0 Å². The first kappa shape index (κ1) is 18.1. The van der Waals surface area contributed by atoms with E-state index in [1.54, 1.807) is 50.8 Å². The van der Waals surface area contributed by atoms with Gasteiger partial charge in [0.2, 0.25) is 5.91 Å². The number of nitrogens with one attached hydrogen (secondary N) is 1. The molecule has 0 saturated carbocycles. The third-order valence-electron chi connectivity index (χ3n) is 4.02. The topological polar surface area (TPSA) is 89.4 Å². The molecule has 0 aromatic carbocycles. The first-order valence-electron chi connectivity index (χ1n) is 8.38. The quantitative estimate of drug-likeness (QED) is 0.884. The Morgan fingerprint density at radius 2 is 2.12 bits per heavy atom. The summed E-state index contributed by atoms with van der Waals surface area (Å²) in [7, 11) is 1.71. The number of ether oxygens (including phenoxy) is 1. The lowest BCUT2D eigenvalue weighted by Crippen LogP contribution is -2.45. The van der Waals surface area contributed by atoms with Gasteiger partial charge in [0.05, 0.1) is 11.9 Å². The molecule has 2 atom stereocenters. The number of hydrogen-bond donors (Lipinski definition) is 1. The van der Waals surface area contributed by atoms with Crippen LogP contribution in [0.15, 0.2) is 18.3 Å². The summed E-state index contributed by atoms with van der Waals surface area (Å²) in [6.45, 7) is 4.99. The minimum Gasteiger partial charge on any atom is -0.444 e. The van der Waals surface area contributed by atoms with Gasteiger partial charge in [0, 0.05) is 19.7 Å². The zero-order valence-electron chi connectivity index (χ0n) is 15.2. The van der Waals surface area contributed by atoms with E-state index < -0.39 is 29.8 Å². The molecule has 0 aliphatic carbocycles. The smallest absolute Gasteiger partial charge is 0.411 e. The van der Waals surface area contributed by atoms with Crippen molar-refractivity contribution in [1.82, 2.24) is 19.7 Å². The van der Waals surface area contributed by atoms with Crippen molar-refractivity contribution in [2.24, 2.45) is 7.05 Å². The minimum atomic E-state index is -1.28. The number of likely N-dealkylation sites (tertiary alicyclic amines) is 1. The highest BCUT2D eigenvalue weighted by Crippen LogP contribution is 2.26. The van der Waals surface area contributed by atoms with Crippen LogP contribution in [0.3, 0.4) is 0 Å². The molecule has 26 heavy (non-hydrogen) atoms. The van der Waals surface area contributed by atoms with Crippen molar-refractivity contribution in [2.75, 3.05) is 11.9 Å². The Hall–Kier alpha value is -2.71. The van der Waals surface area contributed by atoms with Crippen LogP contribution in [0.2, 0.25) is 0 Å². The molecule has 1 N–H and O–H groups in total. The fraction of sp³-hybridized carbons (Fsp3) is 0.529. The van der Waals surface area contributed by atoms with Crippen molar-refractivity contribution in [2.45, 2.75) is 45.0 Å². The van der Waals surface area contributed by atoms with Crippen LogP contribution in [0.5, 0.6) is 0 Å². The molecule has 1 saturated heterocycles. The summed E-state index contributed by atoms with van der Waals surface area (Å²) >= 11 is 0. The number of alkyl halides is 1. The molecule has 2 aromatic heterocycles. The van der Waals surface area contributed by atoms with Gasteiger partial charge >= 0.3 is 6.09 Å². The zero-order chi connectivity index (χ0) is 19.1. The van der Waals surface area contributed by atoms with Gasteiger partial charge < -0.3 is 10.1 Å². The first-order chi connectivity index (χ1) is 12.2. The average molecular weight is 363 g/mol. The summed E-state index contributed by atoms with van der Waals surface area (Å²) in [4.78, 5) is 30.4. The molecule has 0 unspecified atom stereocenters. The molecule has 2 aromatic rings. The van der Waals surface area contributed by atoms with Gasteiger partial charge in [0.1, 0.15) is 17.8 Å². The summed E-state index contributed by atoms with van der Waals surface area (Å²) in [6.07, 6.45) is -0.427. The van der Waals surface area contributed by atoms with Gasteiger partial charge in [-0.3, -0.25) is 9.69 Å². The van der Waals surface area contributed by atoms with E-state index >= 15 is 0 Å². The Labute approximate surface area is 150 Å². The predicted octanol–water partition coefficient (Wildman–Crippen LogP) is 2.25. The van der Waals surface area contributed by atoms with Crippen LogP contribution in [0.25, 0.3) is 11.0 Å². The number of nitrogens with zero attached hydrogens (tertiary/aromatic N) is 4. The maximum absolute atomic E-state index is 13.9. The summed E-state index contributed by atoms with van der Waals surface area (Å²) < 4.78 is 20.7. The standard InChI is InChI=1S/C17H22FN5O3/c1-17(2,3)26-16(25)23-9-10(18)8-12(23)15(24)20-13-11-6-5-7-19-14(11)22(4)21-13/h5-7,10,12H,8-9H2,1-4H3,(H,20,21,24)/t10-,12+/m1/s1. The molecule has 8 nitrogen and oxygen atoms in total. The van der Waals surface area contributed by atoms with Gasteiger partial charge in [-0.2, -0.15) is 5.10 Å². The monoisotopic (exact) mass is 363 g/mol. The lowest BCUT2D eigenvalue weighted by Gasteiger charge is -2.27. The molecule has 9 heteroatoms. The number of anilines is 1. The van der Waals surface area contributed by atoms with Crippen LogP contribution in [-0.2, 0) is 16.6 Å². The molecule has 2 amide bonds. The lowest BCUT2D eigenvalue weighted by atomic mass is 10.2. The number of aromatic nitrogens is 3. The van der Waals surface area contributed by atoms with E-state index in [1.165, 1.54) is 0 Å². The fourth-order valence-corrected chi connectivity index (χ4v) is 2.94. The van der Waals surface area contributed by atoms with Crippen molar-refractivity contribution in [3.05, 3.63) is 18.3 Å². The second-order valence-electron chi connectivity index (χ2n) is 7.32. The fourth-order valence-electron chi connectivity index (χ4n) is 2.94. The van der Waals surface area contributed by atoms with Crippen LogP contribution in [-0.4, -0.2) is 56.0 Å². The van der Waals surface area contributed by atoms with E-state index in [9.17, 15) is 14.0 Å². The number of fused-ring (bicyclic) bond motifs is 1. The number of pyridine rings is 1. The third-order valence-corrected chi connectivity index (χ3v) is 4.02. The lowest BCUT2D eigenvalue weighted by molar-refractivity contribution is -0.120. The average Bonchev–Trinajstić information content (AvgIpc) is 3.08. The molecule has 0 spiro atoms. The van der Waals surface area contributed by atoms with Crippen LogP contribution < -0.4 is 5.32 Å². The molecule has 3 heterocycles. The van der Waals surface area contributed by atoms with Gasteiger partial charge in [-0.05, 0) is 32.9 Å². The van der Waals surface area contributed by atoms with Crippen molar-refractivity contribution < 1.29 is 18.7 Å². The van der Waals surface area contributed by atoms with Gasteiger partial charge in [-0.25, -0.2) is 18.9 Å². The second kappa shape index (κ2) is 6.54. The van der Waals surface area contributed by atoms with E-state index in [2.05, 4.69) is 15.4 Å². The summed E-state index contributed by atoms with van der Waals surface area (Å²) in [5.41, 5.74) is -0.114. The molecule has 140 valence electrons. The Morgan fingerprint density at radius 1 is 1.38 bits per heavy atom. The van der Waals surface area contributed by atoms with Gasteiger partial charge in [0.15, 0.2) is 11.5 Å². The van der Waals surface area contributed by atoms with Crippen LogP contribution in [0, 0.1) is 0 Å². The highest BCUT2D eigenvalue weighted by atomic mass is 19.1. The Bertz CT molecular complexity index is 845. The maximum Gasteiger partial charge on any atom is 0.411 e. The highest BCUT2D eigenvalue weighted by Gasteiger charge is 2.42. The number of aryl methyl sites for hydroxylation is 1. The Kier molecular flexibility index (Phi) is 4.55. The van der Waals surface area contributed by atoms with Crippen LogP contribution in [0.1, 0.15) is 27.2 Å². The van der Waals surface area contributed by atoms with Crippen molar-refractivity contribution in [1.29, 1.82) is 0 Å². The normalized spacial score (nSPS) is 20.4. The molecule has 1 aliphatic rings. The molecule has 1 aliphatic heterocycles. The second-order valence-corrected chi connectivity index (χ2v) is 7.32. The van der Waals surface area contributed by atoms with E-state index in [0.717, 1.165) is 4.90 Å². The SMILES string of the molecule is Cn1nc(NC(=O)[C@@H]2C[C@@H](F)CN2C(=O)OC(C)(C)C)c2cccnc21. The third kappa shape index (κ3) is 3.61. The summed E-state index contributed by atoms with van der Waals surface area (Å²) in [5, 5.41) is 7.60. The minimum absolute atomic E-state index is 0.0753.